The molecule has 2 heterocycles. The maximum atomic E-state index is 11.5. The number of aliphatic hydroxyl groups is 1. The SMILES string of the molecule is O=C(NCC[C@H](O)c1cccs1)C(=O)NCc1ccco1. The molecule has 2 rings (SSSR count). The topological polar surface area (TPSA) is 91.6 Å². The molecule has 1 atom stereocenters. The lowest BCUT2D eigenvalue weighted by Gasteiger charge is -2.09. The number of hydrogen-bond acceptors (Lipinski definition) is 5. The first-order chi connectivity index (χ1) is 10.2. The van der Waals surface area contributed by atoms with Crippen molar-refractivity contribution in [2.24, 2.45) is 0 Å². The number of furan rings is 1. The highest BCUT2D eigenvalue weighted by Gasteiger charge is 2.14. The first-order valence-electron chi connectivity index (χ1n) is 6.46. The van der Waals surface area contributed by atoms with E-state index in [0.29, 0.717) is 12.2 Å². The summed E-state index contributed by atoms with van der Waals surface area (Å²) in [7, 11) is 0. The second kappa shape index (κ2) is 7.61. The van der Waals surface area contributed by atoms with E-state index >= 15 is 0 Å². The van der Waals surface area contributed by atoms with Gasteiger partial charge in [-0.1, -0.05) is 6.07 Å². The smallest absolute Gasteiger partial charge is 0.309 e. The third kappa shape index (κ3) is 4.73. The molecule has 2 aromatic rings. The number of hydrogen-bond donors (Lipinski definition) is 3. The van der Waals surface area contributed by atoms with E-state index < -0.39 is 17.9 Å². The normalized spacial score (nSPS) is 11.9. The zero-order valence-electron chi connectivity index (χ0n) is 11.2. The van der Waals surface area contributed by atoms with Crippen molar-refractivity contribution in [3.8, 4) is 0 Å². The molecule has 0 aromatic carbocycles. The molecule has 3 N–H and O–H groups in total. The molecule has 0 saturated carbocycles. The summed E-state index contributed by atoms with van der Waals surface area (Å²) in [4.78, 5) is 23.9. The van der Waals surface area contributed by atoms with Crippen LogP contribution >= 0.6 is 11.3 Å². The maximum absolute atomic E-state index is 11.5. The van der Waals surface area contributed by atoms with Crippen LogP contribution in [0.4, 0.5) is 0 Å². The van der Waals surface area contributed by atoms with Crippen molar-refractivity contribution in [3.05, 3.63) is 46.5 Å². The molecule has 112 valence electrons. The van der Waals surface area contributed by atoms with Crippen molar-refractivity contribution in [3.63, 3.8) is 0 Å². The summed E-state index contributed by atoms with van der Waals surface area (Å²) in [6.07, 6.45) is 1.22. The number of rotatable bonds is 6. The third-order valence-corrected chi connectivity index (χ3v) is 3.76. The summed E-state index contributed by atoms with van der Waals surface area (Å²) in [5.41, 5.74) is 0. The predicted molar refractivity (Wildman–Crippen MR) is 77.5 cm³/mol. The molecule has 0 aliphatic rings. The number of aliphatic hydroxyl groups excluding tert-OH is 1. The van der Waals surface area contributed by atoms with Crippen LogP contribution in [0.5, 0.6) is 0 Å². The van der Waals surface area contributed by atoms with Crippen molar-refractivity contribution in [1.29, 1.82) is 0 Å². The van der Waals surface area contributed by atoms with Gasteiger partial charge < -0.3 is 20.2 Å². The van der Waals surface area contributed by atoms with Crippen LogP contribution in [0, 0.1) is 0 Å². The standard InChI is InChI=1S/C14H16N2O4S/c17-11(12-4-2-8-21-12)5-6-15-13(18)14(19)16-9-10-3-1-7-20-10/h1-4,7-8,11,17H,5-6,9H2,(H,15,18)(H,16,19)/t11-/m0/s1. The monoisotopic (exact) mass is 308 g/mol. The maximum Gasteiger partial charge on any atom is 0.309 e. The fourth-order valence-corrected chi connectivity index (χ4v) is 2.43. The van der Waals surface area contributed by atoms with Crippen molar-refractivity contribution in [2.75, 3.05) is 6.54 Å². The Kier molecular flexibility index (Phi) is 5.53. The average molecular weight is 308 g/mol. The van der Waals surface area contributed by atoms with Crippen molar-refractivity contribution >= 4 is 23.2 Å². The molecule has 21 heavy (non-hydrogen) atoms. The van der Waals surface area contributed by atoms with Crippen LogP contribution in [-0.4, -0.2) is 23.5 Å². The van der Waals surface area contributed by atoms with E-state index in [9.17, 15) is 14.7 Å². The minimum atomic E-state index is -0.725. The Morgan fingerprint density at radius 3 is 2.71 bits per heavy atom. The van der Waals surface area contributed by atoms with E-state index in [1.165, 1.54) is 17.6 Å². The molecule has 0 spiro atoms. The molecule has 0 fully saturated rings. The van der Waals surface area contributed by atoms with Crippen molar-refractivity contribution < 1.29 is 19.1 Å². The Balaban J connectivity index is 1.65. The Morgan fingerprint density at radius 1 is 1.24 bits per heavy atom. The average Bonchev–Trinajstić information content (AvgIpc) is 3.17. The first kappa shape index (κ1) is 15.3. The lowest BCUT2D eigenvalue weighted by Crippen LogP contribution is -2.40. The summed E-state index contributed by atoms with van der Waals surface area (Å²) >= 11 is 1.45. The Hall–Kier alpha value is -2.12. The van der Waals surface area contributed by atoms with Gasteiger partial charge in [-0.25, -0.2) is 0 Å². The zero-order valence-corrected chi connectivity index (χ0v) is 12.1. The van der Waals surface area contributed by atoms with Gasteiger partial charge in [-0.15, -0.1) is 11.3 Å². The molecule has 0 bridgehead atoms. The lowest BCUT2D eigenvalue weighted by atomic mass is 10.2. The Morgan fingerprint density at radius 2 is 2.05 bits per heavy atom. The fraction of sp³-hybridized carbons (Fsp3) is 0.286. The number of carbonyl (C=O) groups is 2. The second-order valence-electron chi connectivity index (χ2n) is 4.34. The summed E-state index contributed by atoms with van der Waals surface area (Å²) in [5.74, 6) is -0.874. The molecule has 2 amide bonds. The van der Waals surface area contributed by atoms with E-state index in [1.54, 1.807) is 12.1 Å². The third-order valence-electron chi connectivity index (χ3n) is 2.78. The van der Waals surface area contributed by atoms with Crippen LogP contribution in [-0.2, 0) is 16.1 Å². The van der Waals surface area contributed by atoms with E-state index in [1.807, 2.05) is 17.5 Å². The molecular formula is C14H16N2O4S. The molecule has 0 unspecified atom stereocenters. The van der Waals surface area contributed by atoms with Crippen LogP contribution in [0.2, 0.25) is 0 Å². The van der Waals surface area contributed by atoms with Gasteiger partial charge in [0, 0.05) is 11.4 Å². The fourth-order valence-electron chi connectivity index (χ4n) is 1.69. The highest BCUT2D eigenvalue weighted by Crippen LogP contribution is 2.20. The van der Waals surface area contributed by atoms with Crippen molar-refractivity contribution in [2.45, 2.75) is 19.1 Å². The molecule has 6 nitrogen and oxygen atoms in total. The zero-order chi connectivity index (χ0) is 15.1. The minimum absolute atomic E-state index is 0.164. The largest absolute Gasteiger partial charge is 0.467 e. The van der Waals surface area contributed by atoms with Crippen LogP contribution in [0.25, 0.3) is 0 Å². The Labute approximate surface area is 125 Å². The van der Waals surface area contributed by atoms with E-state index in [-0.39, 0.29) is 13.1 Å². The number of carbonyl (C=O) groups excluding carboxylic acids is 2. The summed E-state index contributed by atoms with van der Waals surface area (Å²) in [6.45, 7) is 0.392. The van der Waals surface area contributed by atoms with Crippen LogP contribution in [0.15, 0.2) is 40.3 Å². The lowest BCUT2D eigenvalue weighted by molar-refractivity contribution is -0.139. The number of amides is 2. The minimum Gasteiger partial charge on any atom is -0.467 e. The molecule has 2 aromatic heterocycles. The highest BCUT2D eigenvalue weighted by molar-refractivity contribution is 7.10. The van der Waals surface area contributed by atoms with Crippen molar-refractivity contribution in [1.82, 2.24) is 10.6 Å². The molecule has 7 heteroatoms. The number of nitrogens with one attached hydrogen (secondary N) is 2. The van der Waals surface area contributed by atoms with Gasteiger partial charge in [0.2, 0.25) is 0 Å². The first-order valence-corrected chi connectivity index (χ1v) is 7.34. The van der Waals surface area contributed by atoms with Crippen LogP contribution < -0.4 is 10.6 Å². The van der Waals surface area contributed by atoms with E-state index in [0.717, 1.165) is 4.88 Å². The van der Waals surface area contributed by atoms with Gasteiger partial charge in [0.15, 0.2) is 0 Å². The van der Waals surface area contributed by atoms with Gasteiger partial charge >= 0.3 is 11.8 Å². The molecule has 0 saturated heterocycles. The molecular weight excluding hydrogens is 292 g/mol. The van der Waals surface area contributed by atoms with E-state index in [2.05, 4.69) is 10.6 Å². The van der Waals surface area contributed by atoms with Crippen LogP contribution in [0.1, 0.15) is 23.2 Å². The predicted octanol–water partition coefficient (Wildman–Crippen LogP) is 1.20. The summed E-state index contributed by atoms with van der Waals surface area (Å²) < 4.78 is 5.04. The van der Waals surface area contributed by atoms with Gasteiger partial charge in [0.05, 0.1) is 18.9 Å². The quantitative estimate of drug-likeness (QED) is 0.699. The van der Waals surface area contributed by atoms with Gasteiger partial charge in [0.25, 0.3) is 0 Å². The number of thiophene rings is 1. The molecule has 0 radical (unpaired) electrons. The van der Waals surface area contributed by atoms with E-state index in [4.69, 9.17) is 4.42 Å². The second-order valence-corrected chi connectivity index (χ2v) is 5.32. The highest BCUT2D eigenvalue weighted by atomic mass is 32.1. The van der Waals surface area contributed by atoms with Gasteiger partial charge in [-0.2, -0.15) is 0 Å². The van der Waals surface area contributed by atoms with Gasteiger partial charge in [-0.05, 0) is 30.0 Å². The van der Waals surface area contributed by atoms with Crippen LogP contribution in [0.3, 0.4) is 0 Å². The molecule has 0 aliphatic carbocycles. The molecule has 0 aliphatic heterocycles. The van der Waals surface area contributed by atoms with Gasteiger partial charge in [-0.3, -0.25) is 9.59 Å². The summed E-state index contributed by atoms with van der Waals surface area (Å²) in [5, 5.41) is 16.6. The Bertz CT molecular complexity index is 566. The summed E-state index contributed by atoms with van der Waals surface area (Å²) in [6, 6.07) is 7.08. The van der Waals surface area contributed by atoms with Gasteiger partial charge in [0.1, 0.15) is 5.76 Å².